The number of nitrogens with zero attached hydrogens (tertiary/aromatic N) is 3. The number of anilines is 1. The number of hydrogen-bond acceptors (Lipinski definition) is 6. The number of amides is 1. The molecule has 0 N–H and O–H groups in total. The highest BCUT2D eigenvalue weighted by Gasteiger charge is 2.23. The minimum Gasteiger partial charge on any atom is -0.308 e. The van der Waals surface area contributed by atoms with Crippen molar-refractivity contribution < 1.29 is 13.2 Å². The molecule has 0 bridgehead atoms. The second-order valence-electron chi connectivity index (χ2n) is 7.17. The maximum absolute atomic E-state index is 13.3. The molecule has 0 aliphatic rings. The Morgan fingerprint density at radius 1 is 1.10 bits per heavy atom. The molecule has 0 spiro atoms. The Morgan fingerprint density at radius 2 is 1.80 bits per heavy atom. The van der Waals surface area contributed by atoms with Gasteiger partial charge in [0.05, 0.1) is 15.1 Å². The molecule has 6 nitrogen and oxygen atoms in total. The zero-order valence-corrected chi connectivity index (χ0v) is 19.9. The van der Waals surface area contributed by atoms with Crippen molar-refractivity contribution in [2.45, 2.75) is 18.2 Å². The molecule has 9 heteroatoms. The van der Waals surface area contributed by atoms with Gasteiger partial charge in [-0.05, 0) is 50.3 Å². The van der Waals surface area contributed by atoms with Gasteiger partial charge in [-0.15, -0.1) is 12.4 Å². The molecule has 0 atom stereocenters. The van der Waals surface area contributed by atoms with Crippen LogP contribution in [0.15, 0.2) is 47.4 Å². The van der Waals surface area contributed by atoms with Crippen LogP contribution < -0.4 is 4.90 Å². The van der Waals surface area contributed by atoms with E-state index in [4.69, 9.17) is 4.98 Å². The smallest absolute Gasteiger partial charge is 0.260 e. The number of sulfone groups is 1. The van der Waals surface area contributed by atoms with Gasteiger partial charge in [0, 0.05) is 24.9 Å². The molecular formula is C21H26ClN3O3S2. The molecule has 0 aliphatic heterocycles. The van der Waals surface area contributed by atoms with Crippen LogP contribution in [0.25, 0.3) is 10.2 Å². The Labute approximate surface area is 187 Å². The summed E-state index contributed by atoms with van der Waals surface area (Å²) >= 11 is 1.48. The summed E-state index contributed by atoms with van der Waals surface area (Å²) in [6, 6.07) is 12.2. The molecule has 0 fully saturated rings. The molecule has 3 rings (SSSR count). The van der Waals surface area contributed by atoms with Crippen molar-refractivity contribution in [2.24, 2.45) is 0 Å². The first-order chi connectivity index (χ1) is 13.7. The largest absolute Gasteiger partial charge is 0.308 e. The summed E-state index contributed by atoms with van der Waals surface area (Å²) in [5.74, 6) is -0.255. The fourth-order valence-electron chi connectivity index (χ4n) is 2.99. The Hall–Kier alpha value is -2.00. The van der Waals surface area contributed by atoms with Crippen LogP contribution in [-0.2, 0) is 16.3 Å². The lowest BCUT2D eigenvalue weighted by atomic mass is 10.1. The minimum atomic E-state index is -3.40. The van der Waals surface area contributed by atoms with Gasteiger partial charge >= 0.3 is 0 Å². The number of likely N-dealkylation sites (N-methyl/N-ethyl adjacent to an activating group) is 1. The van der Waals surface area contributed by atoms with E-state index in [0.717, 1.165) is 28.5 Å². The third kappa shape index (κ3) is 5.37. The first-order valence-electron chi connectivity index (χ1n) is 9.36. The molecule has 0 saturated heterocycles. The van der Waals surface area contributed by atoms with Gasteiger partial charge in [-0.1, -0.05) is 36.5 Å². The van der Waals surface area contributed by atoms with E-state index in [9.17, 15) is 13.2 Å². The van der Waals surface area contributed by atoms with Gasteiger partial charge in [0.1, 0.15) is 0 Å². The number of aromatic nitrogens is 1. The third-order valence-corrected chi connectivity index (χ3v) is 6.78. The first kappa shape index (κ1) is 24.3. The van der Waals surface area contributed by atoms with Gasteiger partial charge < -0.3 is 4.90 Å². The number of benzene rings is 2. The fourth-order valence-corrected chi connectivity index (χ4v) is 4.70. The van der Waals surface area contributed by atoms with Crippen LogP contribution in [0.1, 0.15) is 22.8 Å². The van der Waals surface area contributed by atoms with E-state index in [1.165, 1.54) is 23.5 Å². The third-order valence-electron chi connectivity index (χ3n) is 4.63. The predicted octanol–water partition coefficient (Wildman–Crippen LogP) is 3.89. The molecule has 162 valence electrons. The molecule has 1 heterocycles. The van der Waals surface area contributed by atoms with Gasteiger partial charge in [0.2, 0.25) is 0 Å². The molecule has 0 aliphatic carbocycles. The number of aryl methyl sites for hydroxylation is 1. The Morgan fingerprint density at radius 3 is 2.43 bits per heavy atom. The molecule has 0 saturated carbocycles. The number of carbonyl (C=O) groups excluding carboxylic acids is 1. The Kier molecular flexibility index (Phi) is 7.99. The van der Waals surface area contributed by atoms with E-state index in [2.05, 4.69) is 6.92 Å². The van der Waals surface area contributed by atoms with E-state index >= 15 is 0 Å². The number of hydrogen-bond donors (Lipinski definition) is 0. The zero-order chi connectivity index (χ0) is 21.2. The van der Waals surface area contributed by atoms with E-state index in [1.807, 2.05) is 37.2 Å². The summed E-state index contributed by atoms with van der Waals surface area (Å²) < 4.78 is 24.9. The second-order valence-corrected chi connectivity index (χ2v) is 10.2. The lowest BCUT2D eigenvalue weighted by molar-refractivity contribution is 0.0985. The quantitative estimate of drug-likeness (QED) is 0.527. The van der Waals surface area contributed by atoms with Crippen molar-refractivity contribution in [1.29, 1.82) is 0 Å². The maximum Gasteiger partial charge on any atom is 0.260 e. The zero-order valence-electron chi connectivity index (χ0n) is 17.5. The normalized spacial score (nSPS) is 11.5. The van der Waals surface area contributed by atoms with Crippen LogP contribution >= 0.6 is 23.7 Å². The molecule has 0 radical (unpaired) electrons. The Balaban J connectivity index is 0.00000320. The van der Waals surface area contributed by atoms with E-state index in [1.54, 1.807) is 17.0 Å². The van der Waals surface area contributed by atoms with Crippen LogP contribution in [-0.4, -0.2) is 57.6 Å². The van der Waals surface area contributed by atoms with Gasteiger partial charge in [0.25, 0.3) is 5.91 Å². The van der Waals surface area contributed by atoms with E-state index < -0.39 is 9.84 Å². The second kappa shape index (κ2) is 9.87. The summed E-state index contributed by atoms with van der Waals surface area (Å²) in [4.78, 5) is 21.9. The molecule has 3 aromatic rings. The average molecular weight is 468 g/mol. The molecule has 1 aromatic heterocycles. The summed E-state index contributed by atoms with van der Waals surface area (Å²) in [7, 11) is 0.493. The summed E-state index contributed by atoms with van der Waals surface area (Å²) in [5.41, 5.74) is 2.40. The average Bonchev–Trinajstić information content (AvgIpc) is 3.11. The highest BCUT2D eigenvalue weighted by atomic mass is 35.5. The number of halogens is 1. The molecule has 0 unspecified atom stereocenters. The van der Waals surface area contributed by atoms with Gasteiger partial charge in [-0.2, -0.15) is 0 Å². The monoisotopic (exact) mass is 467 g/mol. The lowest BCUT2D eigenvalue weighted by Crippen LogP contribution is -2.36. The van der Waals surface area contributed by atoms with Crippen molar-refractivity contribution >= 4 is 54.8 Å². The molecule has 2 aromatic carbocycles. The van der Waals surface area contributed by atoms with Crippen LogP contribution in [0.3, 0.4) is 0 Å². The van der Waals surface area contributed by atoms with Crippen LogP contribution in [0, 0.1) is 0 Å². The summed E-state index contributed by atoms with van der Waals surface area (Å²) in [6.07, 6.45) is 2.00. The van der Waals surface area contributed by atoms with Gasteiger partial charge in [-0.25, -0.2) is 13.4 Å². The summed E-state index contributed by atoms with van der Waals surface area (Å²) in [6.45, 7) is 3.20. The maximum atomic E-state index is 13.3. The van der Waals surface area contributed by atoms with Crippen molar-refractivity contribution in [2.75, 3.05) is 38.3 Å². The SMILES string of the molecule is CCc1cccc2sc(N(CCN(C)C)C(=O)c3cccc(S(C)(=O)=O)c3)nc12.Cl. The number of carbonyl (C=O) groups is 1. The van der Waals surface area contributed by atoms with Crippen molar-refractivity contribution in [3.8, 4) is 0 Å². The topological polar surface area (TPSA) is 70.6 Å². The van der Waals surface area contributed by atoms with Crippen LogP contribution in [0.2, 0.25) is 0 Å². The van der Waals surface area contributed by atoms with Crippen LogP contribution in [0.5, 0.6) is 0 Å². The highest BCUT2D eigenvalue weighted by Crippen LogP contribution is 2.32. The number of fused-ring (bicyclic) bond motifs is 1. The number of thiazole rings is 1. The lowest BCUT2D eigenvalue weighted by Gasteiger charge is -2.22. The first-order valence-corrected chi connectivity index (χ1v) is 12.1. The van der Waals surface area contributed by atoms with Gasteiger partial charge in [-0.3, -0.25) is 9.69 Å². The van der Waals surface area contributed by atoms with Crippen molar-refractivity contribution in [1.82, 2.24) is 9.88 Å². The molecule has 30 heavy (non-hydrogen) atoms. The molecular weight excluding hydrogens is 442 g/mol. The minimum absolute atomic E-state index is 0. The fraction of sp³-hybridized carbons (Fsp3) is 0.333. The predicted molar refractivity (Wildman–Crippen MR) is 126 cm³/mol. The van der Waals surface area contributed by atoms with E-state index in [0.29, 0.717) is 23.8 Å². The molecule has 1 amide bonds. The number of rotatable bonds is 7. The Bertz CT molecular complexity index is 1140. The summed E-state index contributed by atoms with van der Waals surface area (Å²) in [5, 5.41) is 0.623. The van der Waals surface area contributed by atoms with Gasteiger partial charge in [0.15, 0.2) is 15.0 Å². The van der Waals surface area contributed by atoms with Crippen molar-refractivity contribution in [3.63, 3.8) is 0 Å². The standard InChI is InChI=1S/C21H25N3O3S2.ClH/c1-5-15-8-7-11-18-19(15)22-21(28-18)24(13-12-23(2)3)20(25)16-9-6-10-17(14-16)29(4,26)27;/h6-11,14H,5,12-13H2,1-4H3;1H. The van der Waals surface area contributed by atoms with Crippen LogP contribution in [0.4, 0.5) is 5.13 Å². The van der Waals surface area contributed by atoms with E-state index in [-0.39, 0.29) is 23.2 Å². The number of para-hydroxylation sites is 1. The van der Waals surface area contributed by atoms with Crippen molar-refractivity contribution in [3.05, 3.63) is 53.6 Å². The highest BCUT2D eigenvalue weighted by molar-refractivity contribution is 7.90.